The molecule has 0 saturated carbocycles. The van der Waals surface area contributed by atoms with Gasteiger partial charge in [0.1, 0.15) is 17.2 Å². The predicted octanol–water partition coefficient (Wildman–Crippen LogP) is 4.04. The van der Waals surface area contributed by atoms with E-state index in [-0.39, 0.29) is 18.0 Å². The standard InChI is InChI=1S/C22H19N3O3/c1-27-15-6-7-20(26)17(12-15)18-13-19-16-4-2-3-5-21(16)28-22(25(19)24-18)14-8-10-23-11-9-14/h2-12,19,22,26H,13H2,1H3/t19-,22+/m0/s1. The van der Waals surface area contributed by atoms with Crippen molar-refractivity contribution in [1.29, 1.82) is 0 Å². The molecule has 0 fully saturated rings. The third kappa shape index (κ3) is 2.65. The molecule has 6 nitrogen and oxygen atoms in total. The number of hydrazone groups is 1. The fourth-order valence-corrected chi connectivity index (χ4v) is 3.82. The van der Waals surface area contributed by atoms with Crippen LogP contribution in [0.3, 0.4) is 0 Å². The molecule has 0 unspecified atom stereocenters. The molecular weight excluding hydrogens is 354 g/mol. The molecule has 2 aliphatic rings. The van der Waals surface area contributed by atoms with E-state index >= 15 is 0 Å². The van der Waals surface area contributed by atoms with Crippen molar-refractivity contribution in [1.82, 2.24) is 9.99 Å². The number of nitrogens with zero attached hydrogens (tertiary/aromatic N) is 3. The van der Waals surface area contributed by atoms with E-state index in [1.807, 2.05) is 41.4 Å². The molecule has 5 rings (SSSR count). The maximum atomic E-state index is 10.4. The minimum Gasteiger partial charge on any atom is -0.507 e. The van der Waals surface area contributed by atoms with Crippen LogP contribution in [0.4, 0.5) is 0 Å². The van der Waals surface area contributed by atoms with Crippen LogP contribution in [0.25, 0.3) is 0 Å². The molecule has 0 aliphatic carbocycles. The Bertz CT molecular complexity index is 1050. The Morgan fingerprint density at radius 3 is 2.75 bits per heavy atom. The van der Waals surface area contributed by atoms with Crippen LogP contribution in [0.15, 0.2) is 72.1 Å². The maximum absolute atomic E-state index is 10.4. The number of para-hydroxylation sites is 1. The van der Waals surface area contributed by atoms with Crippen molar-refractivity contribution in [2.45, 2.75) is 18.7 Å². The summed E-state index contributed by atoms with van der Waals surface area (Å²) in [5.74, 6) is 1.73. The monoisotopic (exact) mass is 373 g/mol. The highest BCUT2D eigenvalue weighted by Crippen LogP contribution is 2.47. The van der Waals surface area contributed by atoms with Gasteiger partial charge in [-0.25, -0.2) is 5.01 Å². The van der Waals surface area contributed by atoms with Gasteiger partial charge < -0.3 is 14.6 Å². The first kappa shape index (κ1) is 16.6. The lowest BCUT2D eigenvalue weighted by atomic mass is 9.95. The number of benzene rings is 2. The first-order valence-corrected chi connectivity index (χ1v) is 9.13. The van der Waals surface area contributed by atoms with Gasteiger partial charge in [-0.1, -0.05) is 18.2 Å². The molecule has 2 aliphatic heterocycles. The summed E-state index contributed by atoms with van der Waals surface area (Å²) in [5.41, 5.74) is 3.56. The Morgan fingerprint density at radius 1 is 1.11 bits per heavy atom. The highest BCUT2D eigenvalue weighted by Gasteiger charge is 2.41. The number of aromatic hydroxyl groups is 1. The fourth-order valence-electron chi connectivity index (χ4n) is 3.82. The van der Waals surface area contributed by atoms with Crippen LogP contribution in [0.5, 0.6) is 17.2 Å². The van der Waals surface area contributed by atoms with E-state index in [2.05, 4.69) is 11.1 Å². The number of phenols is 1. The number of methoxy groups -OCH3 is 1. The number of phenolic OH excluding ortho intramolecular Hbond substituents is 1. The number of aromatic nitrogens is 1. The number of fused-ring (bicyclic) bond motifs is 3. The normalized spacial score (nSPS) is 20.0. The summed E-state index contributed by atoms with van der Waals surface area (Å²) in [6.07, 6.45) is 3.82. The van der Waals surface area contributed by atoms with E-state index in [1.54, 1.807) is 31.6 Å². The molecule has 0 radical (unpaired) electrons. The third-order valence-electron chi connectivity index (χ3n) is 5.20. The van der Waals surface area contributed by atoms with E-state index in [4.69, 9.17) is 14.6 Å². The molecule has 0 spiro atoms. The van der Waals surface area contributed by atoms with Gasteiger partial charge >= 0.3 is 0 Å². The lowest BCUT2D eigenvalue weighted by Gasteiger charge is -2.38. The van der Waals surface area contributed by atoms with Gasteiger partial charge in [-0.3, -0.25) is 4.98 Å². The second-order valence-electron chi connectivity index (χ2n) is 6.82. The number of hydrogen-bond donors (Lipinski definition) is 1. The van der Waals surface area contributed by atoms with Gasteiger partial charge in [-0.15, -0.1) is 0 Å². The zero-order valence-electron chi connectivity index (χ0n) is 15.3. The predicted molar refractivity (Wildman–Crippen MR) is 104 cm³/mol. The Balaban J connectivity index is 1.61. The van der Waals surface area contributed by atoms with E-state index in [0.717, 1.165) is 22.6 Å². The van der Waals surface area contributed by atoms with Crippen LogP contribution in [0.1, 0.15) is 35.4 Å². The van der Waals surface area contributed by atoms with Gasteiger partial charge in [0.2, 0.25) is 6.23 Å². The Kier molecular flexibility index (Phi) is 3.90. The highest BCUT2D eigenvalue weighted by molar-refractivity contribution is 6.04. The largest absolute Gasteiger partial charge is 0.507 e. The van der Waals surface area contributed by atoms with E-state index in [9.17, 15) is 5.11 Å². The molecule has 3 heterocycles. The zero-order valence-corrected chi connectivity index (χ0v) is 15.3. The molecule has 6 heteroatoms. The molecule has 0 amide bonds. The lowest BCUT2D eigenvalue weighted by Crippen LogP contribution is -2.33. The third-order valence-corrected chi connectivity index (χ3v) is 5.20. The van der Waals surface area contributed by atoms with Crippen molar-refractivity contribution in [2.75, 3.05) is 7.11 Å². The van der Waals surface area contributed by atoms with Crippen molar-refractivity contribution in [3.63, 3.8) is 0 Å². The van der Waals surface area contributed by atoms with Crippen LogP contribution in [-0.2, 0) is 0 Å². The summed E-state index contributed by atoms with van der Waals surface area (Å²) in [5, 5.41) is 17.2. The molecule has 2 aromatic carbocycles. The number of ether oxygens (including phenoxy) is 2. The average Bonchev–Trinajstić information content (AvgIpc) is 3.19. The van der Waals surface area contributed by atoms with Gasteiger partial charge in [0, 0.05) is 35.5 Å². The topological polar surface area (TPSA) is 67.2 Å². The SMILES string of the molecule is COc1ccc(O)c(C2=NN3[C@@H](c4ccncc4)Oc4ccccc4[C@@H]3C2)c1. The van der Waals surface area contributed by atoms with Gasteiger partial charge in [0.05, 0.1) is 18.9 Å². The van der Waals surface area contributed by atoms with Gasteiger partial charge in [-0.2, -0.15) is 5.10 Å². The van der Waals surface area contributed by atoms with Crippen molar-refractivity contribution in [3.05, 3.63) is 83.7 Å². The molecule has 1 N–H and O–H groups in total. The summed E-state index contributed by atoms with van der Waals surface area (Å²) in [7, 11) is 1.61. The lowest BCUT2D eigenvalue weighted by molar-refractivity contribution is -0.0190. The molecule has 0 bridgehead atoms. The number of hydrogen-bond acceptors (Lipinski definition) is 6. The van der Waals surface area contributed by atoms with Crippen LogP contribution < -0.4 is 9.47 Å². The number of pyridine rings is 1. The Hall–Kier alpha value is -3.54. The second-order valence-corrected chi connectivity index (χ2v) is 6.82. The maximum Gasteiger partial charge on any atom is 0.213 e. The average molecular weight is 373 g/mol. The second kappa shape index (κ2) is 6.56. The molecule has 28 heavy (non-hydrogen) atoms. The highest BCUT2D eigenvalue weighted by atomic mass is 16.5. The zero-order chi connectivity index (χ0) is 19.1. The van der Waals surface area contributed by atoms with Crippen molar-refractivity contribution in [2.24, 2.45) is 5.10 Å². The first-order valence-electron chi connectivity index (χ1n) is 9.13. The van der Waals surface area contributed by atoms with E-state index in [0.29, 0.717) is 17.7 Å². The minimum absolute atomic E-state index is 0.0312. The quantitative estimate of drug-likeness (QED) is 0.751. The molecule has 1 aromatic heterocycles. The van der Waals surface area contributed by atoms with Crippen LogP contribution in [-0.4, -0.2) is 27.9 Å². The van der Waals surface area contributed by atoms with Gasteiger partial charge in [0.15, 0.2) is 0 Å². The van der Waals surface area contributed by atoms with Crippen molar-refractivity contribution < 1.29 is 14.6 Å². The van der Waals surface area contributed by atoms with Gasteiger partial charge in [-0.05, 0) is 36.4 Å². The van der Waals surface area contributed by atoms with E-state index < -0.39 is 0 Å². The fraction of sp³-hybridized carbons (Fsp3) is 0.182. The summed E-state index contributed by atoms with van der Waals surface area (Å²) in [6, 6.07) is 17.1. The number of rotatable bonds is 3. The smallest absolute Gasteiger partial charge is 0.213 e. The van der Waals surface area contributed by atoms with Crippen LogP contribution in [0, 0.1) is 0 Å². The molecule has 2 atom stereocenters. The summed E-state index contributed by atoms with van der Waals surface area (Å²) in [4.78, 5) is 4.11. The van der Waals surface area contributed by atoms with Crippen molar-refractivity contribution in [3.8, 4) is 17.2 Å². The van der Waals surface area contributed by atoms with Gasteiger partial charge in [0.25, 0.3) is 0 Å². The first-order chi connectivity index (χ1) is 13.7. The molecular formula is C22H19N3O3. The minimum atomic E-state index is -0.354. The molecule has 0 saturated heterocycles. The van der Waals surface area contributed by atoms with E-state index in [1.165, 1.54) is 0 Å². The molecule has 140 valence electrons. The summed E-state index contributed by atoms with van der Waals surface area (Å²) < 4.78 is 11.6. The molecule has 3 aromatic rings. The Morgan fingerprint density at radius 2 is 1.93 bits per heavy atom. The Labute approximate surface area is 162 Å². The van der Waals surface area contributed by atoms with Crippen molar-refractivity contribution >= 4 is 5.71 Å². The van der Waals surface area contributed by atoms with Crippen LogP contribution >= 0.6 is 0 Å². The summed E-state index contributed by atoms with van der Waals surface area (Å²) in [6.45, 7) is 0. The van der Waals surface area contributed by atoms with Crippen LogP contribution in [0.2, 0.25) is 0 Å². The summed E-state index contributed by atoms with van der Waals surface area (Å²) >= 11 is 0.